The standard InChI is InChI=1S/C23H40N2O4.C20H30O3.C19H24O6.C15H23NO3.C13H23NO2.C12H21NO2.CH4/c1-20(2)12-16(13-21(3,4)24-20)28-18(26)10-11-19(27)29-17-14-22(5,6)25(9)23(7,8)15-17;1-8-17(21)23-11-9-10-14-12-15(19(2,3)4)18(22)16(13-14)20(5,6)7;1-6-15(20)23-9-10-24-18(22)19(5)8-7-14-13(4)16(21)11(2)12(3)17(14)25-19;1-7-12(17)16-14(3,4)9-11(10-15(16,5)6)19-13(18)8-2;1-7-11(15)16-10-8-12(2,3)14(6)13(4,5)9-10;1-6-10(14)15-9-7-11(2,3)13-12(4,5)8-9;/h10-11,16-17,24H,12-15H2,1-9H3;8,12-13,22H,1,9-11H2,2-7H3;6,21H,1,7-10H2,2-5H3;7-8,11H,1-2,9-10H2,3-6H3;7,10H,1,8-9H2,2-6H3;6,9,13H,1,7-8H2,2-5H3;1H4. The van der Waals surface area contributed by atoms with Crippen LogP contribution in [0.1, 0.15) is 310 Å². The number of aromatic hydroxyl groups is 2. The monoisotopic (exact) mass is 1790 g/mol. The van der Waals surface area contributed by atoms with Crippen molar-refractivity contribution >= 4 is 53.7 Å². The van der Waals surface area contributed by atoms with Crippen molar-refractivity contribution in [3.63, 3.8) is 0 Å². The number of piperidine rings is 5. The summed E-state index contributed by atoms with van der Waals surface area (Å²) in [6, 6.07) is 4.14. The number of nitrogens with zero attached hydrogens (tertiary/aromatic N) is 3. The van der Waals surface area contributed by atoms with E-state index in [0.29, 0.717) is 43.8 Å². The van der Waals surface area contributed by atoms with E-state index in [1.807, 2.05) is 53.4 Å². The molecule has 0 saturated carbocycles. The number of rotatable bonds is 21. The maximum Gasteiger partial charge on any atom is 0.350 e. The summed E-state index contributed by atoms with van der Waals surface area (Å²) in [6.45, 7) is 82.8. The van der Waals surface area contributed by atoms with Crippen LogP contribution in [0.15, 0.2) is 100 Å². The largest absolute Gasteiger partial charge is 0.507 e. The van der Waals surface area contributed by atoms with Gasteiger partial charge in [0.1, 0.15) is 61.0 Å². The predicted molar refractivity (Wildman–Crippen MR) is 508 cm³/mol. The van der Waals surface area contributed by atoms with Gasteiger partial charge in [-0.25, -0.2) is 38.4 Å². The van der Waals surface area contributed by atoms with Crippen molar-refractivity contribution in [3.05, 3.63) is 139 Å². The molecule has 4 N–H and O–H groups in total. The van der Waals surface area contributed by atoms with Gasteiger partial charge in [0.15, 0.2) is 0 Å². The number of carbonyl (C=O) groups is 9. The van der Waals surface area contributed by atoms with Crippen molar-refractivity contribution in [2.75, 3.05) is 33.9 Å². The lowest BCUT2D eigenvalue weighted by Crippen LogP contribution is -2.64. The van der Waals surface area contributed by atoms with E-state index in [2.05, 4.69) is 238 Å². The number of carbonyl (C=O) groups excluding carboxylic acids is 9. The van der Waals surface area contributed by atoms with Gasteiger partial charge in [0, 0.05) is 174 Å². The molecule has 1 atom stereocenters. The van der Waals surface area contributed by atoms with Crippen molar-refractivity contribution in [1.29, 1.82) is 0 Å². The van der Waals surface area contributed by atoms with E-state index >= 15 is 0 Å². The van der Waals surface area contributed by atoms with E-state index in [9.17, 15) is 53.4 Å². The zero-order valence-corrected chi connectivity index (χ0v) is 83.5. The third kappa shape index (κ3) is 34.8. The Hall–Kier alpha value is -8.91. The van der Waals surface area contributed by atoms with E-state index in [1.165, 1.54) is 42.5 Å². The lowest BCUT2D eigenvalue weighted by Gasteiger charge is -2.54. The molecular formula is C103H165N5O20. The molecule has 6 aliphatic rings. The third-order valence-electron chi connectivity index (χ3n) is 24.7. The first kappa shape index (κ1) is 115. The molecule has 0 spiro atoms. The lowest BCUT2D eigenvalue weighted by atomic mass is 9.78. The van der Waals surface area contributed by atoms with Crippen LogP contribution in [0.2, 0.25) is 0 Å². The summed E-state index contributed by atoms with van der Waals surface area (Å²) in [5.41, 5.74) is 3.96. The van der Waals surface area contributed by atoms with Gasteiger partial charge in [-0.05, 0) is 250 Å². The number of hydrogen-bond donors (Lipinski definition) is 4. The minimum Gasteiger partial charge on any atom is -0.507 e. The SMILES string of the molecule is C.C=CC(=O)OC1CC(C)(C)N(C(=O)C=C)C(C)(C)C1.C=CC(=O)OC1CC(C)(C)N(C)C(C)(C)C1.C=CC(=O)OC1CC(C)(C)NC(C)(C)C1.C=CC(=O)OCCCc1cc(C(C)(C)C)c(O)c(C(C)(C)C)c1.C=CC(=O)OCCOC(=O)C1(C)CCc2c(C)c(O)c(C)c(C)c2O1.CN1C(C)(C)CC(OC(=O)C=CC(=O)OC2CC(C)(C)NC(C)(C)C2)CC1(C)C. The molecule has 5 saturated heterocycles. The Morgan fingerprint density at radius 3 is 1.05 bits per heavy atom. The van der Waals surface area contributed by atoms with Gasteiger partial charge in [-0.3, -0.25) is 14.6 Å². The first-order chi connectivity index (χ1) is 57.7. The smallest absolute Gasteiger partial charge is 0.350 e. The maximum atomic E-state index is 12.4. The van der Waals surface area contributed by atoms with Crippen molar-refractivity contribution in [3.8, 4) is 17.2 Å². The Labute approximate surface area is 768 Å². The molecule has 8 rings (SSSR count). The second kappa shape index (κ2) is 45.8. The summed E-state index contributed by atoms with van der Waals surface area (Å²) in [6.07, 6.45) is 19.2. The van der Waals surface area contributed by atoms with Crippen molar-refractivity contribution in [2.24, 2.45) is 0 Å². The fraction of sp³-hybridized carbons (Fsp3) is 0.660. The number of esters is 8. The lowest BCUT2D eigenvalue weighted by molar-refractivity contribution is -0.165. The van der Waals surface area contributed by atoms with Crippen molar-refractivity contribution in [2.45, 2.75) is 407 Å². The number of aryl methyl sites for hydroxylation is 1. The number of phenols is 2. The van der Waals surface area contributed by atoms with Crippen LogP contribution in [0.4, 0.5) is 0 Å². The summed E-state index contributed by atoms with van der Waals surface area (Å²) in [5.74, 6) is -2.29. The number of amides is 1. The number of fused-ring (bicyclic) bond motifs is 1. The number of phenolic OH excluding ortho intramolecular Hbond substituents is 2. The fourth-order valence-corrected chi connectivity index (χ4v) is 18.9. The van der Waals surface area contributed by atoms with Gasteiger partial charge in [-0.2, -0.15) is 0 Å². The van der Waals surface area contributed by atoms with Crippen molar-refractivity contribution in [1.82, 2.24) is 25.3 Å². The molecule has 0 aliphatic carbocycles. The predicted octanol–water partition coefficient (Wildman–Crippen LogP) is 18.4. The van der Waals surface area contributed by atoms with E-state index in [4.69, 9.17) is 42.6 Å². The Morgan fingerprint density at radius 2 is 0.727 bits per heavy atom. The van der Waals surface area contributed by atoms with Crippen LogP contribution in [-0.2, 0) is 105 Å². The van der Waals surface area contributed by atoms with Crippen LogP contribution in [0.3, 0.4) is 0 Å². The Kier molecular flexibility index (Phi) is 41.2. The molecule has 25 nitrogen and oxygen atoms in total. The van der Waals surface area contributed by atoms with Gasteiger partial charge in [0.05, 0.1) is 6.61 Å². The van der Waals surface area contributed by atoms with Crippen LogP contribution in [0.25, 0.3) is 0 Å². The molecule has 0 aromatic heterocycles. The van der Waals surface area contributed by atoms with Crippen LogP contribution in [0.5, 0.6) is 17.2 Å². The first-order valence-electron chi connectivity index (χ1n) is 44.5. The molecule has 1 amide bonds. The summed E-state index contributed by atoms with van der Waals surface area (Å²) in [7, 11) is 4.24. The van der Waals surface area contributed by atoms with Gasteiger partial charge in [0.2, 0.25) is 11.5 Å². The normalized spacial score (nSPS) is 21.1. The molecule has 2 aromatic rings. The molecule has 0 radical (unpaired) electrons. The third-order valence-corrected chi connectivity index (χ3v) is 24.7. The highest BCUT2D eigenvalue weighted by atomic mass is 16.6. The second-order valence-electron chi connectivity index (χ2n) is 43.3. The minimum atomic E-state index is -1.12. The van der Waals surface area contributed by atoms with Crippen LogP contribution < -0.4 is 15.4 Å². The summed E-state index contributed by atoms with van der Waals surface area (Å²) in [5, 5.41) is 28.0. The van der Waals surface area contributed by atoms with Gasteiger partial charge < -0.3 is 68.4 Å². The number of likely N-dealkylation sites (tertiary alicyclic amines) is 3. The van der Waals surface area contributed by atoms with E-state index in [1.54, 1.807) is 6.92 Å². The number of ether oxygens (including phenoxy) is 9. The number of benzene rings is 2. The zero-order chi connectivity index (χ0) is 98.0. The van der Waals surface area contributed by atoms with Crippen LogP contribution >= 0.6 is 0 Å². The van der Waals surface area contributed by atoms with Gasteiger partial charge in [-0.1, -0.05) is 101 Å². The summed E-state index contributed by atoms with van der Waals surface area (Å²) >= 11 is 0. The number of nitrogens with one attached hydrogen (secondary N) is 2. The molecule has 128 heavy (non-hydrogen) atoms. The highest BCUT2D eigenvalue weighted by Crippen LogP contribution is 2.47. The fourth-order valence-electron chi connectivity index (χ4n) is 18.9. The summed E-state index contributed by atoms with van der Waals surface area (Å²) < 4.78 is 48.3. The molecule has 6 heterocycles. The first-order valence-corrected chi connectivity index (χ1v) is 44.5. The topological polar surface area (TPSA) is 311 Å². The molecule has 5 fully saturated rings. The Bertz CT molecular complexity index is 4170. The Balaban J connectivity index is 0.000000526. The van der Waals surface area contributed by atoms with Gasteiger partial charge >= 0.3 is 47.8 Å². The quantitative estimate of drug-likeness (QED) is 0.0390. The number of hydrogen-bond acceptors (Lipinski definition) is 24. The van der Waals surface area contributed by atoms with Crippen LogP contribution in [0, 0.1) is 20.8 Å². The summed E-state index contributed by atoms with van der Waals surface area (Å²) in [4.78, 5) is 111. The van der Waals surface area contributed by atoms with E-state index < -0.39 is 35.4 Å². The molecule has 6 aliphatic heterocycles. The highest BCUT2D eigenvalue weighted by molar-refractivity contribution is 5.92. The van der Waals surface area contributed by atoms with Crippen LogP contribution in [-0.4, -0.2) is 204 Å². The molecule has 1 unspecified atom stereocenters. The van der Waals surface area contributed by atoms with Gasteiger partial charge in [0.25, 0.3) is 0 Å². The van der Waals surface area contributed by atoms with Gasteiger partial charge in [-0.15, -0.1) is 0 Å². The minimum absolute atomic E-state index is 0. The van der Waals surface area contributed by atoms with Crippen molar-refractivity contribution < 1.29 is 96.0 Å². The average Bonchev–Trinajstić information content (AvgIpc) is 0.725. The molecule has 2 aromatic carbocycles. The molecule has 722 valence electrons. The molecule has 0 bridgehead atoms. The average molecular weight is 1790 g/mol. The Morgan fingerprint density at radius 1 is 0.422 bits per heavy atom. The zero-order valence-electron chi connectivity index (χ0n) is 83.5. The van der Waals surface area contributed by atoms with E-state index in [0.717, 1.165) is 109 Å². The van der Waals surface area contributed by atoms with E-state index in [-0.39, 0.29) is 147 Å². The molecule has 25 heteroatoms. The molecular weight excluding hydrogens is 1630 g/mol. The maximum absolute atomic E-state index is 12.4. The second-order valence-corrected chi connectivity index (χ2v) is 43.3. The highest BCUT2D eigenvalue weighted by Gasteiger charge is 2.50.